The Kier molecular flexibility index (Phi) is 3.45. The Labute approximate surface area is 101 Å². The summed E-state index contributed by atoms with van der Waals surface area (Å²) in [7, 11) is 0. The number of amides is 1. The number of aryl methyl sites for hydroxylation is 1. The van der Waals surface area contributed by atoms with Gasteiger partial charge < -0.3 is 15.7 Å². The minimum atomic E-state index is -0.880. The van der Waals surface area contributed by atoms with Crippen molar-refractivity contribution in [1.82, 2.24) is 5.32 Å². The molecular weight excluding hydrogens is 216 g/mol. The van der Waals surface area contributed by atoms with Crippen molar-refractivity contribution in [2.45, 2.75) is 25.4 Å². The number of benzene rings is 1. The van der Waals surface area contributed by atoms with Crippen LogP contribution in [0, 0.1) is 6.92 Å². The van der Waals surface area contributed by atoms with Crippen molar-refractivity contribution in [2.24, 2.45) is 0 Å². The molecule has 4 heteroatoms. The van der Waals surface area contributed by atoms with Gasteiger partial charge in [0.2, 0.25) is 5.91 Å². The summed E-state index contributed by atoms with van der Waals surface area (Å²) < 4.78 is 0. The van der Waals surface area contributed by atoms with E-state index in [1.54, 1.807) is 0 Å². The second kappa shape index (κ2) is 4.85. The predicted octanol–water partition coefficient (Wildman–Crippen LogP) is 1.05. The van der Waals surface area contributed by atoms with Crippen molar-refractivity contribution in [3.05, 3.63) is 29.8 Å². The van der Waals surface area contributed by atoms with Gasteiger partial charge in [-0.15, -0.1) is 0 Å². The van der Waals surface area contributed by atoms with Gasteiger partial charge in [-0.3, -0.25) is 4.79 Å². The quantitative estimate of drug-likeness (QED) is 0.732. The van der Waals surface area contributed by atoms with Gasteiger partial charge in [0, 0.05) is 12.2 Å². The number of rotatable bonds is 3. The molecule has 0 radical (unpaired) electrons. The maximum atomic E-state index is 11.8. The molecule has 0 saturated carbocycles. The standard InChI is InChI=1S/C13H18N2O2/c1-10-2-4-11(5-3-10)15-12(16)8-13(17)6-7-14-9-13/h2-5,14,17H,6-9H2,1H3,(H,15,16). The summed E-state index contributed by atoms with van der Waals surface area (Å²) in [5.41, 5.74) is 1.05. The molecule has 4 nitrogen and oxygen atoms in total. The first-order valence-electron chi connectivity index (χ1n) is 5.87. The molecule has 92 valence electrons. The van der Waals surface area contributed by atoms with E-state index in [0.29, 0.717) is 13.0 Å². The van der Waals surface area contributed by atoms with E-state index in [4.69, 9.17) is 0 Å². The average Bonchev–Trinajstić information content (AvgIpc) is 2.68. The van der Waals surface area contributed by atoms with Crippen molar-refractivity contribution < 1.29 is 9.90 Å². The van der Waals surface area contributed by atoms with E-state index in [1.807, 2.05) is 31.2 Å². The van der Waals surface area contributed by atoms with Crippen molar-refractivity contribution in [3.63, 3.8) is 0 Å². The van der Waals surface area contributed by atoms with Crippen molar-refractivity contribution in [3.8, 4) is 0 Å². The number of anilines is 1. The highest BCUT2D eigenvalue weighted by Gasteiger charge is 2.33. The summed E-state index contributed by atoms with van der Waals surface area (Å²) in [5.74, 6) is -0.139. The third-order valence-corrected chi connectivity index (χ3v) is 3.05. The van der Waals surface area contributed by atoms with E-state index in [2.05, 4.69) is 10.6 Å². The molecule has 0 spiro atoms. The fourth-order valence-electron chi connectivity index (χ4n) is 2.02. The smallest absolute Gasteiger partial charge is 0.227 e. The molecule has 1 unspecified atom stereocenters. The van der Waals surface area contributed by atoms with Crippen LogP contribution in [0.15, 0.2) is 24.3 Å². The molecule has 1 heterocycles. The maximum Gasteiger partial charge on any atom is 0.227 e. The molecule has 0 bridgehead atoms. The first-order valence-corrected chi connectivity index (χ1v) is 5.87. The van der Waals surface area contributed by atoms with Crippen LogP contribution in [0.5, 0.6) is 0 Å². The Hall–Kier alpha value is -1.39. The van der Waals surface area contributed by atoms with Gasteiger partial charge in [-0.05, 0) is 32.0 Å². The molecule has 0 aliphatic carbocycles. The Morgan fingerprint density at radius 2 is 2.18 bits per heavy atom. The number of β-amino-alcohol motifs (C(OH)–C–C–N with tert-alkyl or cyclic N) is 1. The molecule has 1 amide bonds. The Bertz CT molecular complexity index is 394. The summed E-state index contributed by atoms with van der Waals surface area (Å²) in [6.07, 6.45) is 0.780. The van der Waals surface area contributed by atoms with Crippen LogP contribution >= 0.6 is 0 Å². The molecule has 1 saturated heterocycles. The van der Waals surface area contributed by atoms with Gasteiger partial charge in [-0.25, -0.2) is 0 Å². The number of hydrogen-bond acceptors (Lipinski definition) is 3. The average molecular weight is 234 g/mol. The van der Waals surface area contributed by atoms with Gasteiger partial charge in [0.1, 0.15) is 0 Å². The number of carbonyl (C=O) groups is 1. The lowest BCUT2D eigenvalue weighted by atomic mass is 9.98. The van der Waals surface area contributed by atoms with E-state index < -0.39 is 5.60 Å². The first-order chi connectivity index (χ1) is 8.07. The molecule has 1 atom stereocenters. The Balaban J connectivity index is 1.91. The summed E-state index contributed by atoms with van der Waals surface area (Å²) in [6, 6.07) is 7.62. The Morgan fingerprint density at radius 1 is 1.47 bits per heavy atom. The zero-order valence-corrected chi connectivity index (χ0v) is 9.99. The fourth-order valence-corrected chi connectivity index (χ4v) is 2.02. The molecular formula is C13H18N2O2. The Morgan fingerprint density at radius 3 is 2.76 bits per heavy atom. The van der Waals surface area contributed by atoms with Gasteiger partial charge in [0.25, 0.3) is 0 Å². The van der Waals surface area contributed by atoms with Crippen LogP contribution in [0.25, 0.3) is 0 Å². The fraction of sp³-hybridized carbons (Fsp3) is 0.462. The number of nitrogens with one attached hydrogen (secondary N) is 2. The van der Waals surface area contributed by atoms with E-state index in [-0.39, 0.29) is 12.3 Å². The molecule has 1 aliphatic rings. The minimum Gasteiger partial charge on any atom is -0.388 e. The van der Waals surface area contributed by atoms with Gasteiger partial charge in [0.05, 0.1) is 12.0 Å². The van der Waals surface area contributed by atoms with E-state index in [0.717, 1.165) is 17.8 Å². The topological polar surface area (TPSA) is 61.4 Å². The van der Waals surface area contributed by atoms with Crippen LogP contribution in [0.3, 0.4) is 0 Å². The molecule has 1 aliphatic heterocycles. The van der Waals surface area contributed by atoms with Crippen molar-refractivity contribution >= 4 is 11.6 Å². The van der Waals surface area contributed by atoms with Crippen LogP contribution in [0.4, 0.5) is 5.69 Å². The van der Waals surface area contributed by atoms with Crippen LogP contribution in [-0.4, -0.2) is 29.7 Å². The highest BCUT2D eigenvalue weighted by molar-refractivity contribution is 5.91. The largest absolute Gasteiger partial charge is 0.388 e. The van der Waals surface area contributed by atoms with Gasteiger partial charge in [-0.2, -0.15) is 0 Å². The SMILES string of the molecule is Cc1ccc(NC(=O)CC2(O)CCNC2)cc1. The first kappa shape index (κ1) is 12.1. The lowest BCUT2D eigenvalue weighted by Crippen LogP contribution is -2.35. The van der Waals surface area contributed by atoms with Gasteiger partial charge >= 0.3 is 0 Å². The maximum absolute atomic E-state index is 11.8. The lowest BCUT2D eigenvalue weighted by molar-refractivity contribution is -0.120. The third-order valence-electron chi connectivity index (χ3n) is 3.05. The number of hydrogen-bond donors (Lipinski definition) is 3. The van der Waals surface area contributed by atoms with Crippen LogP contribution in [-0.2, 0) is 4.79 Å². The number of carbonyl (C=O) groups excluding carboxylic acids is 1. The monoisotopic (exact) mass is 234 g/mol. The van der Waals surface area contributed by atoms with Gasteiger partial charge in [0.15, 0.2) is 0 Å². The third kappa shape index (κ3) is 3.28. The molecule has 0 aromatic heterocycles. The molecule has 3 N–H and O–H groups in total. The van der Waals surface area contributed by atoms with E-state index in [9.17, 15) is 9.90 Å². The molecule has 1 aromatic rings. The normalized spacial score (nSPS) is 23.6. The van der Waals surface area contributed by atoms with Crippen molar-refractivity contribution in [1.29, 1.82) is 0 Å². The predicted molar refractivity (Wildman–Crippen MR) is 66.9 cm³/mol. The molecule has 1 fully saturated rings. The number of aliphatic hydroxyl groups is 1. The van der Waals surface area contributed by atoms with Crippen LogP contribution < -0.4 is 10.6 Å². The summed E-state index contributed by atoms with van der Waals surface area (Å²) in [6.45, 7) is 3.27. The van der Waals surface area contributed by atoms with Crippen molar-refractivity contribution in [2.75, 3.05) is 18.4 Å². The van der Waals surface area contributed by atoms with Crippen LogP contribution in [0.1, 0.15) is 18.4 Å². The summed E-state index contributed by atoms with van der Waals surface area (Å²) >= 11 is 0. The lowest BCUT2D eigenvalue weighted by Gasteiger charge is -2.20. The molecule has 2 rings (SSSR count). The second-order valence-corrected chi connectivity index (χ2v) is 4.74. The summed E-state index contributed by atoms with van der Waals surface area (Å²) in [4.78, 5) is 11.8. The molecule has 17 heavy (non-hydrogen) atoms. The highest BCUT2D eigenvalue weighted by Crippen LogP contribution is 2.19. The zero-order chi connectivity index (χ0) is 12.3. The van der Waals surface area contributed by atoms with Crippen LogP contribution in [0.2, 0.25) is 0 Å². The highest BCUT2D eigenvalue weighted by atomic mass is 16.3. The molecule has 1 aromatic carbocycles. The van der Waals surface area contributed by atoms with E-state index in [1.165, 1.54) is 0 Å². The van der Waals surface area contributed by atoms with Gasteiger partial charge in [-0.1, -0.05) is 17.7 Å². The second-order valence-electron chi connectivity index (χ2n) is 4.74. The van der Waals surface area contributed by atoms with E-state index >= 15 is 0 Å². The minimum absolute atomic E-state index is 0.139. The summed E-state index contributed by atoms with van der Waals surface area (Å²) in [5, 5.41) is 15.9. The zero-order valence-electron chi connectivity index (χ0n) is 9.99.